The molecular formula is C16H27N3S. The lowest BCUT2D eigenvalue weighted by Crippen LogP contribution is -2.38. The second-order valence-corrected chi connectivity index (χ2v) is 7.85. The summed E-state index contributed by atoms with van der Waals surface area (Å²) >= 11 is 2.10. The first-order valence-corrected chi connectivity index (χ1v) is 8.60. The Hall–Kier alpha value is -0.740. The normalized spacial score (nSPS) is 20.2. The third kappa shape index (κ3) is 4.67. The molecule has 0 saturated carbocycles. The maximum atomic E-state index is 4.82. The highest BCUT2D eigenvalue weighted by atomic mass is 32.2. The molecule has 112 valence electrons. The molecule has 1 saturated heterocycles. The summed E-state index contributed by atoms with van der Waals surface area (Å²) in [5, 5.41) is 4.25. The maximum Gasteiger partial charge on any atom is 0.128 e. The highest BCUT2D eigenvalue weighted by molar-refractivity contribution is 8.00. The van der Waals surface area contributed by atoms with Crippen LogP contribution in [0.15, 0.2) is 18.2 Å². The largest absolute Gasteiger partial charge is 0.355 e. The molecule has 1 fully saturated rings. The molecule has 0 radical (unpaired) electrons. The van der Waals surface area contributed by atoms with E-state index < -0.39 is 0 Å². The molecule has 0 amide bonds. The van der Waals surface area contributed by atoms with Gasteiger partial charge in [0.2, 0.25) is 0 Å². The van der Waals surface area contributed by atoms with Gasteiger partial charge in [-0.25, -0.2) is 4.98 Å². The predicted octanol–water partition coefficient (Wildman–Crippen LogP) is 3.30. The molecule has 1 unspecified atom stereocenters. The van der Waals surface area contributed by atoms with E-state index in [0.717, 1.165) is 36.4 Å². The number of hydrogen-bond acceptors (Lipinski definition) is 4. The van der Waals surface area contributed by atoms with E-state index in [1.54, 1.807) is 0 Å². The summed E-state index contributed by atoms with van der Waals surface area (Å²) in [6, 6.07) is 6.38. The number of anilines is 1. The second-order valence-electron chi connectivity index (χ2n) is 6.44. The van der Waals surface area contributed by atoms with Gasteiger partial charge in [0.1, 0.15) is 5.82 Å². The topological polar surface area (TPSA) is 28.2 Å². The van der Waals surface area contributed by atoms with Gasteiger partial charge in [-0.15, -0.1) is 0 Å². The van der Waals surface area contributed by atoms with Crippen LogP contribution in [0, 0.1) is 0 Å². The number of aromatic nitrogens is 1. The first-order chi connectivity index (χ1) is 9.48. The van der Waals surface area contributed by atoms with E-state index in [1.165, 1.54) is 12.2 Å². The van der Waals surface area contributed by atoms with Crippen LogP contribution in [0.5, 0.6) is 0 Å². The minimum atomic E-state index is 0.132. The Morgan fingerprint density at radius 1 is 1.40 bits per heavy atom. The van der Waals surface area contributed by atoms with E-state index in [-0.39, 0.29) is 5.54 Å². The van der Waals surface area contributed by atoms with Crippen molar-refractivity contribution in [1.29, 1.82) is 0 Å². The Balaban J connectivity index is 2.01. The Kier molecular flexibility index (Phi) is 5.33. The van der Waals surface area contributed by atoms with E-state index in [9.17, 15) is 0 Å². The molecule has 0 aliphatic carbocycles. The Bertz CT molecular complexity index is 428. The van der Waals surface area contributed by atoms with Gasteiger partial charge in [0.15, 0.2) is 0 Å². The van der Waals surface area contributed by atoms with Gasteiger partial charge < -0.3 is 10.2 Å². The summed E-state index contributed by atoms with van der Waals surface area (Å²) < 4.78 is 0. The van der Waals surface area contributed by atoms with Gasteiger partial charge >= 0.3 is 0 Å². The van der Waals surface area contributed by atoms with E-state index in [0.29, 0.717) is 0 Å². The average molecular weight is 293 g/mol. The van der Waals surface area contributed by atoms with Gasteiger partial charge in [0.25, 0.3) is 0 Å². The number of hydrogen-bond donors (Lipinski definition) is 1. The standard InChI is InChI=1S/C16H27N3S/c1-5-14-12-19(9-10-20-14)15-8-6-7-13(18-15)11-17-16(2,3)4/h6-8,14,17H,5,9-12H2,1-4H3. The summed E-state index contributed by atoms with van der Waals surface area (Å²) in [7, 11) is 0. The fourth-order valence-electron chi connectivity index (χ4n) is 2.27. The Morgan fingerprint density at radius 3 is 2.90 bits per heavy atom. The number of thioether (sulfide) groups is 1. The van der Waals surface area contributed by atoms with E-state index in [4.69, 9.17) is 4.98 Å². The van der Waals surface area contributed by atoms with Crippen molar-refractivity contribution in [1.82, 2.24) is 10.3 Å². The van der Waals surface area contributed by atoms with Crippen LogP contribution < -0.4 is 10.2 Å². The van der Waals surface area contributed by atoms with Gasteiger partial charge in [-0.3, -0.25) is 0 Å². The van der Waals surface area contributed by atoms with E-state index >= 15 is 0 Å². The van der Waals surface area contributed by atoms with Crippen LogP contribution in [-0.2, 0) is 6.54 Å². The molecule has 20 heavy (non-hydrogen) atoms. The van der Waals surface area contributed by atoms with Gasteiger partial charge in [0.05, 0.1) is 5.69 Å². The fourth-order valence-corrected chi connectivity index (χ4v) is 3.45. The molecule has 2 heterocycles. The van der Waals surface area contributed by atoms with Gasteiger partial charge in [-0.2, -0.15) is 11.8 Å². The van der Waals surface area contributed by atoms with Crippen LogP contribution in [0.2, 0.25) is 0 Å². The SMILES string of the molecule is CCC1CN(c2cccc(CNC(C)(C)C)n2)CCS1. The van der Waals surface area contributed by atoms with Crippen molar-refractivity contribution in [3.63, 3.8) is 0 Å². The minimum Gasteiger partial charge on any atom is -0.355 e. The Morgan fingerprint density at radius 2 is 2.20 bits per heavy atom. The third-order valence-electron chi connectivity index (χ3n) is 3.51. The van der Waals surface area contributed by atoms with Crippen LogP contribution in [0.3, 0.4) is 0 Å². The molecule has 1 atom stereocenters. The van der Waals surface area contributed by atoms with E-state index in [2.05, 4.69) is 67.9 Å². The number of pyridine rings is 1. The fraction of sp³-hybridized carbons (Fsp3) is 0.688. The summed E-state index contributed by atoms with van der Waals surface area (Å²) in [5.74, 6) is 2.35. The number of rotatable bonds is 4. The van der Waals surface area contributed by atoms with Crippen LogP contribution in [0.1, 0.15) is 39.8 Å². The highest BCUT2D eigenvalue weighted by Crippen LogP contribution is 2.24. The third-order valence-corrected chi connectivity index (χ3v) is 4.88. The molecule has 0 bridgehead atoms. The predicted molar refractivity (Wildman–Crippen MR) is 89.6 cm³/mol. The van der Waals surface area contributed by atoms with Crippen LogP contribution in [0.25, 0.3) is 0 Å². The average Bonchev–Trinajstić information content (AvgIpc) is 2.45. The second kappa shape index (κ2) is 6.81. The van der Waals surface area contributed by atoms with Crippen molar-refractivity contribution in [3.05, 3.63) is 23.9 Å². The first-order valence-electron chi connectivity index (χ1n) is 7.55. The Labute approximate surface area is 127 Å². The molecule has 0 aromatic carbocycles. The lowest BCUT2D eigenvalue weighted by Gasteiger charge is -2.33. The van der Waals surface area contributed by atoms with Gasteiger partial charge in [-0.1, -0.05) is 13.0 Å². The lowest BCUT2D eigenvalue weighted by molar-refractivity contribution is 0.421. The molecule has 0 spiro atoms. The first kappa shape index (κ1) is 15.6. The zero-order chi connectivity index (χ0) is 14.6. The zero-order valence-corrected chi connectivity index (χ0v) is 14.0. The molecule has 1 N–H and O–H groups in total. The van der Waals surface area contributed by atoms with Crippen molar-refractivity contribution in [3.8, 4) is 0 Å². The molecular weight excluding hydrogens is 266 g/mol. The quantitative estimate of drug-likeness (QED) is 0.922. The molecule has 4 heteroatoms. The summed E-state index contributed by atoms with van der Waals surface area (Å²) in [6.07, 6.45) is 1.24. The summed E-state index contributed by atoms with van der Waals surface area (Å²) in [5.41, 5.74) is 1.26. The lowest BCUT2D eigenvalue weighted by atomic mass is 10.1. The monoisotopic (exact) mass is 293 g/mol. The number of nitrogens with zero attached hydrogens (tertiary/aromatic N) is 2. The molecule has 1 aromatic heterocycles. The minimum absolute atomic E-state index is 0.132. The highest BCUT2D eigenvalue weighted by Gasteiger charge is 2.20. The van der Waals surface area contributed by atoms with Crippen molar-refractivity contribution < 1.29 is 0 Å². The molecule has 1 aliphatic rings. The molecule has 2 rings (SSSR count). The summed E-state index contributed by atoms with van der Waals surface area (Å²) in [6.45, 7) is 11.9. The van der Waals surface area contributed by atoms with Crippen LogP contribution in [-0.4, -0.2) is 34.6 Å². The van der Waals surface area contributed by atoms with Crippen molar-refractivity contribution in [2.45, 2.75) is 51.4 Å². The molecule has 3 nitrogen and oxygen atoms in total. The van der Waals surface area contributed by atoms with Crippen LogP contribution >= 0.6 is 11.8 Å². The van der Waals surface area contributed by atoms with Crippen molar-refractivity contribution in [2.24, 2.45) is 0 Å². The molecule has 1 aliphatic heterocycles. The maximum absolute atomic E-state index is 4.82. The van der Waals surface area contributed by atoms with Crippen LogP contribution in [0.4, 0.5) is 5.82 Å². The van der Waals surface area contributed by atoms with E-state index in [1.807, 2.05) is 0 Å². The van der Waals surface area contributed by atoms with Crippen molar-refractivity contribution >= 4 is 17.6 Å². The van der Waals surface area contributed by atoms with Gasteiger partial charge in [-0.05, 0) is 39.3 Å². The van der Waals surface area contributed by atoms with Gasteiger partial charge in [0, 0.05) is 36.2 Å². The smallest absolute Gasteiger partial charge is 0.128 e. The number of nitrogens with one attached hydrogen (secondary N) is 1. The zero-order valence-electron chi connectivity index (χ0n) is 13.1. The molecule has 1 aromatic rings. The summed E-state index contributed by atoms with van der Waals surface area (Å²) in [4.78, 5) is 7.26. The van der Waals surface area contributed by atoms with Crippen molar-refractivity contribution in [2.75, 3.05) is 23.7 Å².